The zero-order chi connectivity index (χ0) is 19.6. The Labute approximate surface area is 156 Å². The minimum Gasteiger partial charge on any atom is -0.356 e. The van der Waals surface area contributed by atoms with Crippen LogP contribution in [-0.2, 0) is 20.9 Å². The van der Waals surface area contributed by atoms with Crippen LogP contribution in [0.4, 0.5) is 0 Å². The SMILES string of the molecule is Cc1nc(CNC(=O)[C@H]2OCC(=O)N(C)[C@@H]2c2ccccc2C)cc(=O)[nH]1. The molecule has 2 atom stereocenters. The molecule has 1 fully saturated rings. The summed E-state index contributed by atoms with van der Waals surface area (Å²) in [4.78, 5) is 44.8. The highest BCUT2D eigenvalue weighted by Crippen LogP contribution is 2.31. The average molecular weight is 370 g/mol. The Balaban J connectivity index is 1.81. The van der Waals surface area contributed by atoms with Gasteiger partial charge in [-0.15, -0.1) is 0 Å². The molecular formula is C19H22N4O4. The normalized spacial score (nSPS) is 19.8. The maximum Gasteiger partial charge on any atom is 0.252 e. The lowest BCUT2D eigenvalue weighted by molar-refractivity contribution is -0.162. The smallest absolute Gasteiger partial charge is 0.252 e. The van der Waals surface area contributed by atoms with Crippen molar-refractivity contribution >= 4 is 11.8 Å². The molecule has 1 aliphatic rings. The quantitative estimate of drug-likeness (QED) is 0.820. The van der Waals surface area contributed by atoms with Crippen LogP contribution in [0.3, 0.4) is 0 Å². The number of morpholine rings is 1. The number of hydrogen-bond donors (Lipinski definition) is 2. The van der Waals surface area contributed by atoms with Gasteiger partial charge in [0.25, 0.3) is 11.5 Å². The summed E-state index contributed by atoms with van der Waals surface area (Å²) in [5.74, 6) is -0.0645. The molecule has 0 unspecified atom stereocenters. The van der Waals surface area contributed by atoms with Crippen LogP contribution in [0, 0.1) is 13.8 Å². The molecule has 8 nitrogen and oxygen atoms in total. The number of amides is 2. The zero-order valence-corrected chi connectivity index (χ0v) is 15.5. The first-order valence-electron chi connectivity index (χ1n) is 8.64. The Morgan fingerprint density at radius 3 is 2.78 bits per heavy atom. The summed E-state index contributed by atoms with van der Waals surface area (Å²) < 4.78 is 5.59. The molecule has 0 radical (unpaired) electrons. The Hall–Kier alpha value is -3.00. The third kappa shape index (κ3) is 4.06. The number of nitrogens with one attached hydrogen (secondary N) is 2. The summed E-state index contributed by atoms with van der Waals surface area (Å²) in [6.45, 7) is 3.55. The fourth-order valence-electron chi connectivity index (χ4n) is 3.23. The van der Waals surface area contributed by atoms with Gasteiger partial charge in [-0.2, -0.15) is 0 Å². The lowest BCUT2D eigenvalue weighted by Gasteiger charge is -2.38. The number of hydrogen-bond acceptors (Lipinski definition) is 5. The van der Waals surface area contributed by atoms with Crippen molar-refractivity contribution in [2.45, 2.75) is 32.5 Å². The number of H-pyrrole nitrogens is 1. The summed E-state index contributed by atoms with van der Waals surface area (Å²) >= 11 is 0. The summed E-state index contributed by atoms with van der Waals surface area (Å²) in [6.07, 6.45) is -0.850. The van der Waals surface area contributed by atoms with Gasteiger partial charge in [0.15, 0.2) is 6.10 Å². The molecule has 2 heterocycles. The Morgan fingerprint density at radius 1 is 1.33 bits per heavy atom. The molecule has 2 amide bonds. The van der Waals surface area contributed by atoms with Crippen LogP contribution < -0.4 is 10.9 Å². The molecule has 27 heavy (non-hydrogen) atoms. The van der Waals surface area contributed by atoms with Crippen LogP contribution in [0.15, 0.2) is 35.1 Å². The molecule has 2 N–H and O–H groups in total. The summed E-state index contributed by atoms with van der Waals surface area (Å²) in [7, 11) is 1.67. The monoisotopic (exact) mass is 370 g/mol. The van der Waals surface area contributed by atoms with E-state index in [2.05, 4.69) is 15.3 Å². The van der Waals surface area contributed by atoms with Crippen molar-refractivity contribution in [2.75, 3.05) is 13.7 Å². The number of aromatic amines is 1. The van der Waals surface area contributed by atoms with E-state index in [1.807, 2.05) is 31.2 Å². The molecule has 8 heteroatoms. The first kappa shape index (κ1) is 18.8. The van der Waals surface area contributed by atoms with Gasteiger partial charge in [0.2, 0.25) is 5.91 Å². The van der Waals surface area contributed by atoms with E-state index in [9.17, 15) is 14.4 Å². The number of likely N-dealkylation sites (N-methyl/N-ethyl adjacent to an activating group) is 1. The van der Waals surface area contributed by atoms with Gasteiger partial charge >= 0.3 is 0 Å². The highest BCUT2D eigenvalue weighted by atomic mass is 16.5. The third-order valence-electron chi connectivity index (χ3n) is 4.61. The van der Waals surface area contributed by atoms with Crippen molar-refractivity contribution in [2.24, 2.45) is 0 Å². The predicted molar refractivity (Wildman–Crippen MR) is 97.9 cm³/mol. The standard InChI is InChI=1S/C19H22N4O4/c1-11-6-4-5-7-14(11)17-18(27-10-16(25)23(17)3)19(26)20-9-13-8-15(24)22-12(2)21-13/h4-8,17-18H,9-10H2,1-3H3,(H,20,26)(H,21,22,24)/t17-,18+/m1/s1. The molecule has 0 spiro atoms. The minimum atomic E-state index is -0.850. The number of rotatable bonds is 4. The van der Waals surface area contributed by atoms with Gasteiger partial charge in [-0.25, -0.2) is 4.98 Å². The lowest BCUT2D eigenvalue weighted by Crippen LogP contribution is -2.53. The first-order valence-corrected chi connectivity index (χ1v) is 8.64. The Bertz CT molecular complexity index is 924. The molecule has 3 rings (SSSR count). The van der Waals surface area contributed by atoms with Crippen molar-refractivity contribution < 1.29 is 14.3 Å². The number of ether oxygens (including phenoxy) is 1. The van der Waals surface area contributed by atoms with Gasteiger partial charge in [-0.05, 0) is 25.0 Å². The van der Waals surface area contributed by atoms with E-state index in [1.54, 1.807) is 18.9 Å². The molecular weight excluding hydrogens is 348 g/mol. The fraction of sp³-hybridized carbons (Fsp3) is 0.368. The molecule has 1 aromatic heterocycles. The van der Waals surface area contributed by atoms with Gasteiger partial charge in [-0.1, -0.05) is 24.3 Å². The van der Waals surface area contributed by atoms with E-state index in [0.717, 1.165) is 11.1 Å². The van der Waals surface area contributed by atoms with E-state index in [0.29, 0.717) is 11.5 Å². The Morgan fingerprint density at radius 2 is 2.07 bits per heavy atom. The average Bonchev–Trinajstić information content (AvgIpc) is 2.62. The van der Waals surface area contributed by atoms with Gasteiger partial charge in [0.1, 0.15) is 12.4 Å². The van der Waals surface area contributed by atoms with Crippen LogP contribution in [0.25, 0.3) is 0 Å². The van der Waals surface area contributed by atoms with Gasteiger partial charge in [0.05, 0.1) is 18.3 Å². The van der Waals surface area contributed by atoms with Crippen molar-refractivity contribution in [3.63, 3.8) is 0 Å². The third-order valence-corrected chi connectivity index (χ3v) is 4.61. The molecule has 142 valence electrons. The maximum absolute atomic E-state index is 12.8. The predicted octanol–water partition coefficient (Wildman–Crippen LogP) is 0.601. The molecule has 1 saturated heterocycles. The van der Waals surface area contributed by atoms with Crippen LogP contribution in [-0.4, -0.2) is 46.4 Å². The second-order valence-electron chi connectivity index (χ2n) is 6.58. The fourth-order valence-corrected chi connectivity index (χ4v) is 3.23. The van der Waals surface area contributed by atoms with E-state index in [4.69, 9.17) is 4.74 Å². The minimum absolute atomic E-state index is 0.0988. The number of aryl methyl sites for hydroxylation is 2. The van der Waals surface area contributed by atoms with E-state index < -0.39 is 12.1 Å². The summed E-state index contributed by atoms with van der Waals surface area (Å²) in [6, 6.07) is 8.40. The second-order valence-corrected chi connectivity index (χ2v) is 6.58. The van der Waals surface area contributed by atoms with Crippen molar-refractivity contribution in [1.29, 1.82) is 0 Å². The number of nitrogens with zero attached hydrogens (tertiary/aromatic N) is 2. The number of aromatic nitrogens is 2. The maximum atomic E-state index is 12.8. The highest BCUT2D eigenvalue weighted by molar-refractivity contribution is 5.86. The van der Waals surface area contributed by atoms with Crippen molar-refractivity contribution in [3.8, 4) is 0 Å². The van der Waals surface area contributed by atoms with Gasteiger partial charge in [0, 0.05) is 13.1 Å². The second kappa shape index (κ2) is 7.71. The van der Waals surface area contributed by atoms with E-state index >= 15 is 0 Å². The van der Waals surface area contributed by atoms with E-state index in [-0.39, 0.29) is 30.5 Å². The highest BCUT2D eigenvalue weighted by Gasteiger charge is 2.40. The number of benzene rings is 1. The van der Waals surface area contributed by atoms with E-state index in [1.165, 1.54) is 6.07 Å². The number of carbonyl (C=O) groups excluding carboxylic acids is 2. The van der Waals surface area contributed by atoms with Crippen LogP contribution >= 0.6 is 0 Å². The lowest BCUT2D eigenvalue weighted by atomic mass is 9.94. The molecule has 0 saturated carbocycles. The van der Waals surface area contributed by atoms with Crippen LogP contribution in [0.5, 0.6) is 0 Å². The van der Waals surface area contributed by atoms with Crippen LogP contribution in [0.1, 0.15) is 28.7 Å². The largest absolute Gasteiger partial charge is 0.356 e. The molecule has 1 aliphatic heterocycles. The molecule has 1 aromatic carbocycles. The van der Waals surface area contributed by atoms with Crippen molar-refractivity contribution in [1.82, 2.24) is 20.2 Å². The number of carbonyl (C=O) groups is 2. The van der Waals surface area contributed by atoms with Gasteiger partial charge in [-0.3, -0.25) is 14.4 Å². The summed E-state index contributed by atoms with van der Waals surface area (Å²) in [5, 5.41) is 2.76. The molecule has 0 bridgehead atoms. The molecule has 0 aliphatic carbocycles. The summed E-state index contributed by atoms with van der Waals surface area (Å²) in [5.41, 5.74) is 2.01. The topological polar surface area (TPSA) is 104 Å². The van der Waals surface area contributed by atoms with Crippen LogP contribution in [0.2, 0.25) is 0 Å². The van der Waals surface area contributed by atoms with Gasteiger partial charge < -0.3 is 19.9 Å². The molecule has 2 aromatic rings. The zero-order valence-electron chi connectivity index (χ0n) is 15.5. The Kier molecular flexibility index (Phi) is 5.36. The first-order chi connectivity index (χ1) is 12.9. The van der Waals surface area contributed by atoms with Crippen molar-refractivity contribution in [3.05, 3.63) is 63.3 Å².